The summed E-state index contributed by atoms with van der Waals surface area (Å²) in [5, 5.41) is 10.5. The van der Waals surface area contributed by atoms with Crippen LogP contribution in [0.3, 0.4) is 0 Å². The molecule has 0 atom stereocenters. The summed E-state index contributed by atoms with van der Waals surface area (Å²) in [7, 11) is 3.21. The van der Waals surface area contributed by atoms with Crippen molar-refractivity contribution in [3.8, 4) is 17.2 Å². The first kappa shape index (κ1) is 19.2. The van der Waals surface area contributed by atoms with E-state index in [-0.39, 0.29) is 22.4 Å². The van der Waals surface area contributed by atoms with Crippen LogP contribution < -0.4 is 9.47 Å². The normalized spacial score (nSPS) is 10.4. The number of methoxy groups -OCH3 is 1. The van der Waals surface area contributed by atoms with Crippen LogP contribution in [-0.2, 0) is 6.54 Å². The van der Waals surface area contributed by atoms with Gasteiger partial charge in [0.1, 0.15) is 5.75 Å². The monoisotopic (exact) mass is 383 g/mol. The molecule has 1 N–H and O–H groups in total. The molecular weight excluding hydrogens is 365 g/mol. The van der Waals surface area contributed by atoms with E-state index in [1.807, 2.05) is 0 Å². The van der Waals surface area contributed by atoms with Crippen molar-refractivity contribution in [2.45, 2.75) is 13.5 Å². The summed E-state index contributed by atoms with van der Waals surface area (Å²) in [5.74, 6) is 0.360. The van der Waals surface area contributed by atoms with Crippen molar-refractivity contribution in [2.75, 3.05) is 20.8 Å². The summed E-state index contributed by atoms with van der Waals surface area (Å²) in [6, 6.07) is 8.10. The minimum Gasteiger partial charge on any atom is -0.503 e. The number of amides is 1. The number of rotatable bonds is 6. The maximum absolute atomic E-state index is 12.7. The van der Waals surface area contributed by atoms with Crippen molar-refractivity contribution < 1.29 is 19.4 Å². The first-order chi connectivity index (χ1) is 11.9. The topological polar surface area (TPSA) is 59.0 Å². The zero-order valence-corrected chi connectivity index (χ0v) is 15.7. The lowest BCUT2D eigenvalue weighted by atomic mass is 10.1. The van der Waals surface area contributed by atoms with Gasteiger partial charge in [0.05, 0.1) is 18.7 Å². The molecule has 7 heteroatoms. The van der Waals surface area contributed by atoms with E-state index in [1.54, 1.807) is 39.3 Å². The van der Waals surface area contributed by atoms with E-state index in [9.17, 15) is 9.90 Å². The van der Waals surface area contributed by atoms with Gasteiger partial charge < -0.3 is 19.5 Å². The number of benzene rings is 2. The Labute approximate surface area is 156 Å². The van der Waals surface area contributed by atoms with Crippen molar-refractivity contribution in [3.63, 3.8) is 0 Å². The molecule has 2 aromatic carbocycles. The quantitative estimate of drug-likeness (QED) is 0.803. The van der Waals surface area contributed by atoms with E-state index >= 15 is 0 Å². The van der Waals surface area contributed by atoms with Gasteiger partial charge in [-0.1, -0.05) is 23.2 Å². The number of carbonyl (C=O) groups is 1. The molecule has 0 aliphatic heterocycles. The van der Waals surface area contributed by atoms with E-state index in [2.05, 4.69) is 0 Å². The van der Waals surface area contributed by atoms with Gasteiger partial charge in [0.25, 0.3) is 5.91 Å². The molecular formula is C18H19Cl2NO4. The summed E-state index contributed by atoms with van der Waals surface area (Å²) in [4.78, 5) is 14.2. The summed E-state index contributed by atoms with van der Waals surface area (Å²) >= 11 is 12.0. The Morgan fingerprint density at radius 1 is 1.20 bits per heavy atom. The van der Waals surface area contributed by atoms with Gasteiger partial charge in [-0.25, -0.2) is 0 Å². The molecule has 2 aromatic rings. The molecule has 0 aromatic heterocycles. The molecule has 0 radical (unpaired) electrons. The van der Waals surface area contributed by atoms with Crippen LogP contribution in [0.1, 0.15) is 22.8 Å². The Morgan fingerprint density at radius 2 is 1.92 bits per heavy atom. The summed E-state index contributed by atoms with van der Waals surface area (Å²) in [6.45, 7) is 2.42. The van der Waals surface area contributed by atoms with E-state index in [0.717, 1.165) is 5.56 Å². The fourth-order valence-electron chi connectivity index (χ4n) is 2.38. The second kappa shape index (κ2) is 8.32. The maximum Gasteiger partial charge on any atom is 0.254 e. The Bertz CT molecular complexity index is 780. The molecule has 134 valence electrons. The Balaban J connectivity index is 2.27. The molecule has 0 unspecified atom stereocenters. The van der Waals surface area contributed by atoms with Gasteiger partial charge in [0.2, 0.25) is 0 Å². The molecule has 0 heterocycles. The van der Waals surface area contributed by atoms with Gasteiger partial charge in [0, 0.05) is 29.7 Å². The van der Waals surface area contributed by atoms with Crippen molar-refractivity contribution in [2.24, 2.45) is 0 Å². The van der Waals surface area contributed by atoms with Crippen LogP contribution in [0, 0.1) is 0 Å². The minimum atomic E-state index is -0.273. The minimum absolute atomic E-state index is 0.0584. The lowest BCUT2D eigenvalue weighted by molar-refractivity contribution is 0.0783. The summed E-state index contributed by atoms with van der Waals surface area (Å²) < 4.78 is 10.6. The Kier molecular flexibility index (Phi) is 6.39. The van der Waals surface area contributed by atoms with Crippen molar-refractivity contribution in [3.05, 3.63) is 51.5 Å². The van der Waals surface area contributed by atoms with Crippen LogP contribution in [0.15, 0.2) is 30.3 Å². The molecule has 5 nitrogen and oxygen atoms in total. The van der Waals surface area contributed by atoms with Gasteiger partial charge >= 0.3 is 0 Å². The highest BCUT2D eigenvalue weighted by Crippen LogP contribution is 2.35. The van der Waals surface area contributed by atoms with Gasteiger partial charge in [-0.05, 0) is 37.3 Å². The number of halogens is 2. The predicted octanol–water partition coefficient (Wildman–Crippen LogP) is 4.38. The molecule has 0 bridgehead atoms. The molecule has 2 rings (SSSR count). The molecule has 0 saturated carbocycles. The smallest absolute Gasteiger partial charge is 0.254 e. The first-order valence-corrected chi connectivity index (χ1v) is 8.36. The van der Waals surface area contributed by atoms with E-state index in [0.29, 0.717) is 29.5 Å². The van der Waals surface area contributed by atoms with Crippen LogP contribution in [0.4, 0.5) is 0 Å². The molecule has 1 amide bonds. The predicted molar refractivity (Wildman–Crippen MR) is 98.1 cm³/mol. The maximum atomic E-state index is 12.7. The molecule has 0 spiro atoms. The van der Waals surface area contributed by atoms with E-state index in [1.165, 1.54) is 17.0 Å². The number of hydrogen-bond acceptors (Lipinski definition) is 4. The standard InChI is InChI=1S/C18H19Cl2NO4/c1-4-25-16-9-11(8-14(20)17(16)22)18(23)21(2)10-12-7-13(19)5-6-15(12)24-3/h5-9,22H,4,10H2,1-3H3. The molecule has 25 heavy (non-hydrogen) atoms. The number of phenols is 1. The molecule has 0 aliphatic rings. The molecule has 0 saturated heterocycles. The van der Waals surface area contributed by atoms with Crippen LogP contribution in [0.5, 0.6) is 17.2 Å². The second-order valence-electron chi connectivity index (χ2n) is 5.36. The fraction of sp³-hybridized carbons (Fsp3) is 0.278. The largest absolute Gasteiger partial charge is 0.503 e. The number of phenolic OH excluding ortho intramolecular Hbond substituents is 1. The second-order valence-corrected chi connectivity index (χ2v) is 6.20. The van der Waals surface area contributed by atoms with Crippen molar-refractivity contribution in [1.82, 2.24) is 4.90 Å². The third-order valence-corrected chi connectivity index (χ3v) is 4.10. The SMILES string of the molecule is CCOc1cc(C(=O)N(C)Cc2cc(Cl)ccc2OC)cc(Cl)c1O. The third kappa shape index (κ3) is 4.50. The van der Waals surface area contributed by atoms with Gasteiger partial charge in [-0.15, -0.1) is 0 Å². The number of nitrogens with zero attached hydrogens (tertiary/aromatic N) is 1. The van der Waals surface area contributed by atoms with Gasteiger partial charge in [-0.2, -0.15) is 0 Å². The van der Waals surface area contributed by atoms with Gasteiger partial charge in [-0.3, -0.25) is 4.79 Å². The molecule has 0 aliphatic carbocycles. The zero-order chi connectivity index (χ0) is 18.6. The molecule has 0 fully saturated rings. The number of aromatic hydroxyl groups is 1. The van der Waals surface area contributed by atoms with Crippen LogP contribution in [-0.4, -0.2) is 36.7 Å². The number of ether oxygens (including phenoxy) is 2. The number of carbonyl (C=O) groups excluding carboxylic acids is 1. The van der Waals surface area contributed by atoms with E-state index < -0.39 is 0 Å². The number of hydrogen-bond donors (Lipinski definition) is 1. The van der Waals surface area contributed by atoms with Crippen LogP contribution >= 0.6 is 23.2 Å². The highest BCUT2D eigenvalue weighted by atomic mass is 35.5. The van der Waals surface area contributed by atoms with Crippen molar-refractivity contribution in [1.29, 1.82) is 0 Å². The van der Waals surface area contributed by atoms with Gasteiger partial charge in [0.15, 0.2) is 11.5 Å². The average Bonchev–Trinajstić information content (AvgIpc) is 2.58. The van der Waals surface area contributed by atoms with E-state index in [4.69, 9.17) is 32.7 Å². The summed E-state index contributed by atoms with van der Waals surface area (Å²) in [5.41, 5.74) is 1.09. The van der Waals surface area contributed by atoms with Crippen LogP contribution in [0.2, 0.25) is 10.0 Å². The highest BCUT2D eigenvalue weighted by Gasteiger charge is 2.18. The fourth-order valence-corrected chi connectivity index (χ4v) is 2.79. The van der Waals surface area contributed by atoms with Crippen LogP contribution in [0.25, 0.3) is 0 Å². The average molecular weight is 384 g/mol. The Morgan fingerprint density at radius 3 is 2.56 bits per heavy atom. The lowest BCUT2D eigenvalue weighted by Crippen LogP contribution is -2.26. The lowest BCUT2D eigenvalue weighted by Gasteiger charge is -2.20. The summed E-state index contributed by atoms with van der Waals surface area (Å²) in [6.07, 6.45) is 0. The Hall–Kier alpha value is -2.11. The third-order valence-electron chi connectivity index (χ3n) is 3.57. The van der Waals surface area contributed by atoms with Crippen molar-refractivity contribution >= 4 is 29.1 Å². The first-order valence-electron chi connectivity index (χ1n) is 7.60. The highest BCUT2D eigenvalue weighted by molar-refractivity contribution is 6.32. The zero-order valence-electron chi connectivity index (χ0n) is 14.2.